The van der Waals surface area contributed by atoms with Gasteiger partial charge in [-0.2, -0.15) is 0 Å². The van der Waals surface area contributed by atoms with Crippen LogP contribution in [0.5, 0.6) is 0 Å². The summed E-state index contributed by atoms with van der Waals surface area (Å²) >= 11 is 7.22. The SMILES string of the molecule is CCOC(=O)[C@]1(F)CN(Cc2ncc(Cl)s2)CC12COC2. The summed E-state index contributed by atoms with van der Waals surface area (Å²) in [4.78, 5) is 18.1. The number of halogens is 2. The van der Waals surface area contributed by atoms with Crippen molar-refractivity contribution in [3.8, 4) is 0 Å². The molecule has 0 aromatic carbocycles. The number of alkyl halides is 1. The maximum absolute atomic E-state index is 15.3. The highest BCUT2D eigenvalue weighted by Gasteiger charge is 2.67. The van der Waals surface area contributed by atoms with Crippen LogP contribution in [-0.4, -0.2) is 54.4 Å². The molecule has 3 rings (SSSR count). The van der Waals surface area contributed by atoms with E-state index in [-0.39, 0.29) is 26.4 Å². The summed E-state index contributed by atoms with van der Waals surface area (Å²) in [7, 11) is 0. The molecule has 0 unspecified atom stereocenters. The lowest BCUT2D eigenvalue weighted by molar-refractivity contribution is -0.196. The van der Waals surface area contributed by atoms with Crippen molar-refractivity contribution in [1.29, 1.82) is 0 Å². The number of carbonyl (C=O) groups is 1. The van der Waals surface area contributed by atoms with Crippen LogP contribution in [0.1, 0.15) is 11.9 Å². The van der Waals surface area contributed by atoms with Gasteiger partial charge in [0.15, 0.2) is 0 Å². The number of likely N-dealkylation sites (tertiary alicyclic amines) is 1. The van der Waals surface area contributed by atoms with Crippen molar-refractivity contribution < 1.29 is 18.7 Å². The van der Waals surface area contributed by atoms with Crippen LogP contribution in [0.25, 0.3) is 0 Å². The van der Waals surface area contributed by atoms with Crippen LogP contribution in [0.2, 0.25) is 4.34 Å². The van der Waals surface area contributed by atoms with Crippen LogP contribution >= 0.6 is 22.9 Å². The smallest absolute Gasteiger partial charge is 0.346 e. The van der Waals surface area contributed by atoms with E-state index in [0.29, 0.717) is 17.4 Å². The first-order valence-electron chi connectivity index (χ1n) is 6.75. The molecule has 116 valence electrons. The van der Waals surface area contributed by atoms with E-state index in [1.54, 1.807) is 13.1 Å². The Morgan fingerprint density at radius 2 is 2.38 bits per heavy atom. The van der Waals surface area contributed by atoms with Crippen molar-refractivity contribution in [3.05, 3.63) is 15.5 Å². The first-order valence-corrected chi connectivity index (χ1v) is 7.95. The Morgan fingerprint density at radius 1 is 1.62 bits per heavy atom. The van der Waals surface area contributed by atoms with Crippen LogP contribution in [0, 0.1) is 5.41 Å². The summed E-state index contributed by atoms with van der Waals surface area (Å²) in [6, 6.07) is 0. The van der Waals surface area contributed by atoms with Crippen molar-refractivity contribution in [3.63, 3.8) is 0 Å². The summed E-state index contributed by atoms with van der Waals surface area (Å²) in [5, 5.41) is 0.809. The molecular formula is C13H16ClFN2O3S. The number of ether oxygens (including phenoxy) is 2. The Labute approximate surface area is 131 Å². The molecule has 2 saturated heterocycles. The maximum Gasteiger partial charge on any atom is 0.346 e. The number of esters is 1. The summed E-state index contributed by atoms with van der Waals surface area (Å²) < 4.78 is 26.0. The molecule has 21 heavy (non-hydrogen) atoms. The minimum absolute atomic E-state index is 0.00634. The molecule has 2 aliphatic heterocycles. The molecule has 1 spiro atoms. The second-order valence-electron chi connectivity index (χ2n) is 5.50. The van der Waals surface area contributed by atoms with Gasteiger partial charge in [-0.15, -0.1) is 11.3 Å². The van der Waals surface area contributed by atoms with E-state index in [2.05, 4.69) is 4.98 Å². The standard InChI is InChI=1S/C13H16ClFN2O3S/c1-2-20-11(18)13(15)6-17(5-12(13)7-19-8-12)4-10-16-3-9(14)21-10/h3H,2,4-8H2,1H3/t13-/m1/s1. The van der Waals surface area contributed by atoms with Gasteiger partial charge in [0.05, 0.1) is 38.0 Å². The van der Waals surface area contributed by atoms with E-state index in [1.165, 1.54) is 11.3 Å². The number of nitrogens with zero attached hydrogens (tertiary/aromatic N) is 2. The first kappa shape index (κ1) is 15.1. The van der Waals surface area contributed by atoms with Gasteiger partial charge < -0.3 is 9.47 Å². The molecule has 1 aromatic heterocycles. The largest absolute Gasteiger partial charge is 0.464 e. The second-order valence-corrected chi connectivity index (χ2v) is 7.24. The molecule has 1 aromatic rings. The minimum atomic E-state index is -2.01. The predicted octanol–water partition coefficient (Wildman–Crippen LogP) is 1.90. The fourth-order valence-corrected chi connectivity index (χ4v) is 3.94. The maximum atomic E-state index is 15.3. The lowest BCUT2D eigenvalue weighted by Gasteiger charge is -2.44. The van der Waals surface area contributed by atoms with E-state index >= 15 is 4.39 Å². The van der Waals surface area contributed by atoms with Gasteiger partial charge in [0, 0.05) is 13.1 Å². The van der Waals surface area contributed by atoms with Gasteiger partial charge in [0.25, 0.3) is 0 Å². The van der Waals surface area contributed by atoms with Gasteiger partial charge in [0.1, 0.15) is 9.34 Å². The summed E-state index contributed by atoms with van der Waals surface area (Å²) in [5.74, 6) is -0.784. The molecule has 0 saturated carbocycles. The van der Waals surface area contributed by atoms with E-state index in [9.17, 15) is 4.79 Å². The molecule has 0 radical (unpaired) electrons. The van der Waals surface area contributed by atoms with Crippen LogP contribution in [0.15, 0.2) is 6.20 Å². The highest BCUT2D eigenvalue weighted by Crippen LogP contribution is 2.48. The quantitative estimate of drug-likeness (QED) is 0.787. The number of carbonyl (C=O) groups excluding carboxylic acids is 1. The third kappa shape index (κ3) is 2.46. The zero-order valence-electron chi connectivity index (χ0n) is 11.6. The van der Waals surface area contributed by atoms with Crippen molar-refractivity contribution >= 4 is 28.9 Å². The van der Waals surface area contributed by atoms with Gasteiger partial charge in [-0.1, -0.05) is 11.6 Å². The van der Waals surface area contributed by atoms with Crippen molar-refractivity contribution in [2.24, 2.45) is 5.41 Å². The molecule has 5 nitrogen and oxygen atoms in total. The van der Waals surface area contributed by atoms with E-state index in [0.717, 1.165) is 5.01 Å². The molecule has 8 heteroatoms. The zero-order valence-corrected chi connectivity index (χ0v) is 13.2. The summed E-state index contributed by atoms with van der Waals surface area (Å²) in [6.07, 6.45) is 1.58. The Hall–Kier alpha value is -0.760. The first-order chi connectivity index (χ1) is 9.99. The predicted molar refractivity (Wildman–Crippen MR) is 76.1 cm³/mol. The van der Waals surface area contributed by atoms with Gasteiger partial charge >= 0.3 is 5.97 Å². The van der Waals surface area contributed by atoms with Crippen LogP contribution in [0.4, 0.5) is 4.39 Å². The molecule has 0 N–H and O–H groups in total. The average Bonchev–Trinajstić information content (AvgIpc) is 2.92. The molecule has 1 atom stereocenters. The number of aromatic nitrogens is 1. The Kier molecular flexibility index (Phi) is 3.94. The molecule has 2 aliphatic rings. The van der Waals surface area contributed by atoms with Gasteiger partial charge in [-0.25, -0.2) is 14.2 Å². The normalized spacial score (nSPS) is 27.8. The highest BCUT2D eigenvalue weighted by molar-refractivity contribution is 7.15. The average molecular weight is 335 g/mol. The van der Waals surface area contributed by atoms with Gasteiger partial charge in [-0.3, -0.25) is 4.90 Å². The third-order valence-electron chi connectivity index (χ3n) is 4.05. The van der Waals surface area contributed by atoms with E-state index < -0.39 is 17.1 Å². The van der Waals surface area contributed by atoms with E-state index in [1.807, 2.05) is 4.90 Å². The lowest BCUT2D eigenvalue weighted by Crippen LogP contribution is -2.61. The van der Waals surface area contributed by atoms with Crippen LogP contribution < -0.4 is 0 Å². The summed E-state index contributed by atoms with van der Waals surface area (Å²) in [6.45, 7) is 3.28. The Balaban J connectivity index is 1.77. The molecule has 0 bridgehead atoms. The monoisotopic (exact) mass is 334 g/mol. The zero-order chi connectivity index (χ0) is 15.1. The van der Waals surface area contributed by atoms with Crippen molar-refractivity contribution in [2.75, 3.05) is 32.9 Å². The molecule has 3 heterocycles. The Morgan fingerprint density at radius 3 is 2.90 bits per heavy atom. The fourth-order valence-electron chi connectivity index (χ4n) is 2.94. The third-order valence-corrected chi connectivity index (χ3v) is 5.15. The van der Waals surface area contributed by atoms with Crippen LogP contribution in [0.3, 0.4) is 0 Å². The van der Waals surface area contributed by atoms with Crippen LogP contribution in [-0.2, 0) is 20.8 Å². The van der Waals surface area contributed by atoms with Gasteiger partial charge in [0.2, 0.25) is 5.67 Å². The molecular weight excluding hydrogens is 319 g/mol. The van der Waals surface area contributed by atoms with Gasteiger partial charge in [-0.05, 0) is 6.92 Å². The Bertz CT molecular complexity index is 551. The number of thiazole rings is 1. The number of rotatable bonds is 4. The summed E-state index contributed by atoms with van der Waals surface area (Å²) in [5.41, 5.74) is -2.80. The number of hydrogen-bond donors (Lipinski definition) is 0. The van der Waals surface area contributed by atoms with Crippen molar-refractivity contribution in [2.45, 2.75) is 19.1 Å². The topological polar surface area (TPSA) is 51.7 Å². The molecule has 0 aliphatic carbocycles. The second kappa shape index (κ2) is 5.46. The lowest BCUT2D eigenvalue weighted by atomic mass is 9.74. The molecule has 2 fully saturated rings. The highest BCUT2D eigenvalue weighted by atomic mass is 35.5. The van der Waals surface area contributed by atoms with Crippen molar-refractivity contribution in [1.82, 2.24) is 9.88 Å². The minimum Gasteiger partial charge on any atom is -0.464 e. The van der Waals surface area contributed by atoms with E-state index in [4.69, 9.17) is 21.1 Å². The number of hydrogen-bond acceptors (Lipinski definition) is 6. The fraction of sp³-hybridized carbons (Fsp3) is 0.692. The molecule has 0 amide bonds.